The molecule has 1 aromatic carbocycles. The van der Waals surface area contributed by atoms with Crippen molar-refractivity contribution in [1.29, 1.82) is 0 Å². The Labute approximate surface area is 128 Å². The van der Waals surface area contributed by atoms with Crippen molar-refractivity contribution >= 4 is 0 Å². The fourth-order valence-electron chi connectivity index (χ4n) is 1.73. The van der Waals surface area contributed by atoms with Crippen LogP contribution in [0.2, 0.25) is 0 Å². The van der Waals surface area contributed by atoms with E-state index in [-0.39, 0.29) is 11.6 Å². The monoisotopic (exact) mass is 295 g/mol. The number of hydrogen-bond acceptors (Lipinski definition) is 4. The smallest absolute Gasteiger partial charge is 0.161 e. The van der Waals surface area contributed by atoms with Gasteiger partial charge in [-0.1, -0.05) is 12.1 Å². The topological polar surface area (TPSA) is 39.7 Å². The summed E-state index contributed by atoms with van der Waals surface area (Å²) in [6.45, 7) is 13.0. The highest BCUT2D eigenvalue weighted by Gasteiger charge is 2.07. The summed E-state index contributed by atoms with van der Waals surface area (Å²) < 4.78 is 17.0. The molecule has 4 nitrogen and oxygen atoms in total. The summed E-state index contributed by atoms with van der Waals surface area (Å²) in [5.74, 6) is 1.55. The molecule has 21 heavy (non-hydrogen) atoms. The average molecular weight is 295 g/mol. The first-order valence-electron chi connectivity index (χ1n) is 7.60. The number of hydrogen-bond donors (Lipinski definition) is 1. The van der Waals surface area contributed by atoms with Crippen LogP contribution in [0, 0.1) is 0 Å². The van der Waals surface area contributed by atoms with Gasteiger partial charge in [0.05, 0.1) is 19.3 Å². The van der Waals surface area contributed by atoms with Gasteiger partial charge in [0.2, 0.25) is 0 Å². The van der Waals surface area contributed by atoms with E-state index in [4.69, 9.17) is 14.2 Å². The van der Waals surface area contributed by atoms with E-state index in [1.165, 1.54) is 0 Å². The Balaban J connectivity index is 2.21. The zero-order valence-electron chi connectivity index (χ0n) is 13.9. The third-order valence-electron chi connectivity index (χ3n) is 2.60. The van der Waals surface area contributed by atoms with Gasteiger partial charge in [-0.25, -0.2) is 0 Å². The van der Waals surface area contributed by atoms with Crippen LogP contribution in [-0.4, -0.2) is 38.0 Å². The maximum atomic E-state index is 5.72. The molecule has 0 unspecified atom stereocenters. The quantitative estimate of drug-likeness (QED) is 0.710. The summed E-state index contributed by atoms with van der Waals surface area (Å²) in [6, 6.07) is 7.72. The van der Waals surface area contributed by atoms with Crippen LogP contribution in [0.25, 0.3) is 0 Å². The van der Waals surface area contributed by atoms with Crippen molar-refractivity contribution < 1.29 is 14.2 Å². The molecule has 0 fully saturated rings. The van der Waals surface area contributed by atoms with Crippen LogP contribution in [0.4, 0.5) is 0 Å². The van der Waals surface area contributed by atoms with Crippen LogP contribution in [-0.2, 0) is 4.74 Å². The van der Waals surface area contributed by atoms with Crippen molar-refractivity contribution in [2.24, 2.45) is 0 Å². The van der Waals surface area contributed by atoms with Crippen LogP contribution in [0.5, 0.6) is 11.5 Å². The number of para-hydroxylation sites is 2. The molecule has 0 aliphatic rings. The molecule has 120 valence electrons. The lowest BCUT2D eigenvalue weighted by Crippen LogP contribution is -2.38. The number of ether oxygens (including phenoxy) is 3. The van der Waals surface area contributed by atoms with E-state index >= 15 is 0 Å². The summed E-state index contributed by atoms with van der Waals surface area (Å²) in [5, 5.41) is 3.38. The number of rotatable bonds is 9. The Bertz CT molecular complexity index is 399. The average Bonchev–Trinajstić information content (AvgIpc) is 2.37. The zero-order valence-corrected chi connectivity index (χ0v) is 13.9. The molecule has 0 heterocycles. The molecule has 4 heteroatoms. The molecule has 0 radical (unpaired) electrons. The highest BCUT2D eigenvalue weighted by Crippen LogP contribution is 2.27. The van der Waals surface area contributed by atoms with Crippen molar-refractivity contribution in [3.63, 3.8) is 0 Å². The van der Waals surface area contributed by atoms with Crippen molar-refractivity contribution in [2.45, 2.75) is 46.3 Å². The molecule has 0 spiro atoms. The first-order valence-corrected chi connectivity index (χ1v) is 7.60. The fraction of sp³-hybridized carbons (Fsp3) is 0.647. The van der Waals surface area contributed by atoms with Gasteiger partial charge >= 0.3 is 0 Å². The van der Waals surface area contributed by atoms with Gasteiger partial charge in [0, 0.05) is 12.1 Å². The van der Waals surface area contributed by atoms with Gasteiger partial charge in [0.25, 0.3) is 0 Å². The van der Waals surface area contributed by atoms with Crippen LogP contribution < -0.4 is 14.8 Å². The molecule has 0 atom stereocenters. The van der Waals surface area contributed by atoms with E-state index in [2.05, 4.69) is 26.1 Å². The summed E-state index contributed by atoms with van der Waals surface area (Å²) in [5.41, 5.74) is 0.132. The number of benzene rings is 1. The lowest BCUT2D eigenvalue weighted by Gasteiger charge is -2.20. The largest absolute Gasteiger partial charge is 0.487 e. The molecule has 0 aliphatic heterocycles. The minimum atomic E-state index is 0.132. The maximum Gasteiger partial charge on any atom is 0.161 e. The first kappa shape index (κ1) is 17.8. The minimum absolute atomic E-state index is 0.132. The second-order valence-corrected chi connectivity index (χ2v) is 6.25. The molecule has 1 N–H and O–H groups in total. The van der Waals surface area contributed by atoms with Crippen LogP contribution in [0.15, 0.2) is 24.3 Å². The van der Waals surface area contributed by atoms with E-state index in [1.54, 1.807) is 0 Å². The summed E-state index contributed by atoms with van der Waals surface area (Å²) in [4.78, 5) is 0. The summed E-state index contributed by atoms with van der Waals surface area (Å²) >= 11 is 0. The van der Waals surface area contributed by atoms with E-state index in [9.17, 15) is 0 Å². The van der Waals surface area contributed by atoms with E-state index in [0.717, 1.165) is 18.0 Å². The van der Waals surface area contributed by atoms with Crippen molar-refractivity contribution in [3.05, 3.63) is 24.3 Å². The predicted octanol–water partition coefficient (Wildman–Crippen LogP) is 3.26. The second-order valence-electron chi connectivity index (χ2n) is 6.25. The van der Waals surface area contributed by atoms with Crippen LogP contribution >= 0.6 is 0 Å². The molecule has 0 saturated heterocycles. The lowest BCUT2D eigenvalue weighted by atomic mass is 10.1. The summed E-state index contributed by atoms with van der Waals surface area (Å²) in [7, 11) is 0. The van der Waals surface area contributed by atoms with Gasteiger partial charge in [0.15, 0.2) is 11.5 Å². The van der Waals surface area contributed by atoms with E-state index in [1.807, 2.05) is 38.1 Å². The highest BCUT2D eigenvalue weighted by atomic mass is 16.5. The Hall–Kier alpha value is -1.26. The molecule has 0 amide bonds. The molecular weight excluding hydrogens is 266 g/mol. The van der Waals surface area contributed by atoms with Crippen molar-refractivity contribution in [2.75, 3.05) is 26.4 Å². The second kappa shape index (κ2) is 8.90. The zero-order chi connectivity index (χ0) is 15.7. The van der Waals surface area contributed by atoms with Gasteiger partial charge < -0.3 is 19.5 Å². The van der Waals surface area contributed by atoms with E-state index < -0.39 is 0 Å². The van der Waals surface area contributed by atoms with Gasteiger partial charge in [-0.05, 0) is 46.8 Å². The highest BCUT2D eigenvalue weighted by molar-refractivity contribution is 5.39. The van der Waals surface area contributed by atoms with Crippen molar-refractivity contribution in [3.8, 4) is 11.5 Å². The lowest BCUT2D eigenvalue weighted by molar-refractivity contribution is 0.0964. The summed E-state index contributed by atoms with van der Waals surface area (Å²) in [6.07, 6.45) is 0.134. The molecule has 0 saturated carbocycles. The van der Waals surface area contributed by atoms with Gasteiger partial charge in [-0.3, -0.25) is 0 Å². The normalized spacial score (nSPS) is 11.7. The standard InChI is InChI=1S/C17H29NO3/c1-14(2)21-16-9-7-6-8-15(16)20-13-12-19-11-10-18-17(3,4)5/h6-9,14,18H,10-13H2,1-5H3. The third-order valence-corrected chi connectivity index (χ3v) is 2.60. The first-order chi connectivity index (χ1) is 9.88. The SMILES string of the molecule is CC(C)Oc1ccccc1OCCOCCNC(C)(C)C. The van der Waals surface area contributed by atoms with Crippen LogP contribution in [0.1, 0.15) is 34.6 Å². The van der Waals surface area contributed by atoms with E-state index in [0.29, 0.717) is 19.8 Å². The molecular formula is C17H29NO3. The molecule has 0 bridgehead atoms. The van der Waals surface area contributed by atoms with Gasteiger partial charge in [-0.15, -0.1) is 0 Å². The Morgan fingerprint density at radius 2 is 1.67 bits per heavy atom. The minimum Gasteiger partial charge on any atom is -0.487 e. The Morgan fingerprint density at radius 3 is 2.29 bits per heavy atom. The van der Waals surface area contributed by atoms with Crippen LogP contribution in [0.3, 0.4) is 0 Å². The third kappa shape index (κ3) is 8.58. The predicted molar refractivity (Wildman–Crippen MR) is 86.3 cm³/mol. The van der Waals surface area contributed by atoms with Gasteiger partial charge in [-0.2, -0.15) is 0 Å². The number of nitrogens with one attached hydrogen (secondary N) is 1. The van der Waals surface area contributed by atoms with Gasteiger partial charge in [0.1, 0.15) is 6.61 Å². The Kier molecular flexibility index (Phi) is 7.54. The molecule has 1 aromatic rings. The fourth-order valence-corrected chi connectivity index (χ4v) is 1.73. The molecule has 0 aliphatic carbocycles. The van der Waals surface area contributed by atoms with Crippen molar-refractivity contribution in [1.82, 2.24) is 5.32 Å². The molecule has 0 aromatic heterocycles. The Morgan fingerprint density at radius 1 is 1.00 bits per heavy atom. The maximum absolute atomic E-state index is 5.72. The molecule has 1 rings (SSSR count).